The number of likely N-dealkylation sites (N-methyl/N-ethyl adjacent to an activating group) is 2. The summed E-state index contributed by atoms with van der Waals surface area (Å²) in [5, 5.41) is 3.40. The molecule has 19 heavy (non-hydrogen) atoms. The van der Waals surface area contributed by atoms with Crippen LogP contribution in [0, 0.1) is 0 Å². The lowest BCUT2D eigenvalue weighted by Gasteiger charge is -2.43. The molecule has 1 unspecified atom stereocenters. The molecule has 1 aromatic heterocycles. The number of ether oxygens (including phenoxy) is 1. The summed E-state index contributed by atoms with van der Waals surface area (Å²) in [6, 6.07) is 3.98. The van der Waals surface area contributed by atoms with Gasteiger partial charge in [0.15, 0.2) is 0 Å². The molecule has 4 heteroatoms. The van der Waals surface area contributed by atoms with Gasteiger partial charge >= 0.3 is 0 Å². The lowest BCUT2D eigenvalue weighted by Crippen LogP contribution is -2.52. The van der Waals surface area contributed by atoms with E-state index >= 15 is 0 Å². The standard InChI is InChI=1S/C15H27N3O/c1-7-18(8-2)15(3,4)14(16-5)13-12(19-6)10-9-11-17-13/h9-11,14,16H,7-8H2,1-6H3. The van der Waals surface area contributed by atoms with E-state index in [-0.39, 0.29) is 11.6 Å². The van der Waals surface area contributed by atoms with E-state index < -0.39 is 0 Å². The zero-order valence-corrected chi connectivity index (χ0v) is 13.0. The van der Waals surface area contributed by atoms with Crippen molar-refractivity contribution in [3.63, 3.8) is 0 Å². The second kappa shape index (κ2) is 6.87. The molecule has 0 aromatic carbocycles. The van der Waals surface area contributed by atoms with Crippen molar-refractivity contribution < 1.29 is 4.74 Å². The zero-order valence-electron chi connectivity index (χ0n) is 13.0. The number of nitrogens with one attached hydrogen (secondary N) is 1. The van der Waals surface area contributed by atoms with Crippen molar-refractivity contribution in [3.05, 3.63) is 24.0 Å². The van der Waals surface area contributed by atoms with Gasteiger partial charge < -0.3 is 10.1 Å². The fraction of sp³-hybridized carbons (Fsp3) is 0.667. The molecule has 1 rings (SSSR count). The summed E-state index contributed by atoms with van der Waals surface area (Å²) >= 11 is 0. The van der Waals surface area contributed by atoms with E-state index in [1.54, 1.807) is 7.11 Å². The molecule has 1 heterocycles. The SMILES string of the molecule is CCN(CC)C(C)(C)C(NC)c1ncccc1OC. The van der Waals surface area contributed by atoms with Crippen molar-refractivity contribution in [1.29, 1.82) is 0 Å². The first-order valence-corrected chi connectivity index (χ1v) is 6.94. The third-order valence-electron chi connectivity index (χ3n) is 3.87. The maximum absolute atomic E-state index is 5.45. The Balaban J connectivity index is 3.18. The van der Waals surface area contributed by atoms with Crippen LogP contribution in [0.1, 0.15) is 39.4 Å². The van der Waals surface area contributed by atoms with E-state index in [4.69, 9.17) is 4.74 Å². The van der Waals surface area contributed by atoms with Crippen LogP contribution < -0.4 is 10.1 Å². The first kappa shape index (κ1) is 15.9. The van der Waals surface area contributed by atoms with E-state index in [0.29, 0.717) is 0 Å². The first-order chi connectivity index (χ1) is 9.02. The Bertz CT molecular complexity index is 389. The van der Waals surface area contributed by atoms with Gasteiger partial charge in [0, 0.05) is 11.7 Å². The molecule has 0 aliphatic rings. The predicted octanol–water partition coefficient (Wildman–Crippen LogP) is 2.47. The van der Waals surface area contributed by atoms with Gasteiger partial charge in [0.25, 0.3) is 0 Å². The van der Waals surface area contributed by atoms with Gasteiger partial charge in [0.05, 0.1) is 13.2 Å². The van der Waals surface area contributed by atoms with Crippen molar-refractivity contribution in [2.45, 2.75) is 39.3 Å². The highest BCUT2D eigenvalue weighted by molar-refractivity contribution is 5.31. The molecule has 0 bridgehead atoms. The molecular formula is C15H27N3O. The van der Waals surface area contributed by atoms with E-state index in [1.165, 1.54) is 0 Å². The van der Waals surface area contributed by atoms with E-state index in [9.17, 15) is 0 Å². The molecule has 1 N–H and O–H groups in total. The van der Waals surface area contributed by atoms with E-state index in [0.717, 1.165) is 24.5 Å². The number of hydrogen-bond donors (Lipinski definition) is 1. The monoisotopic (exact) mass is 265 g/mol. The maximum atomic E-state index is 5.45. The van der Waals surface area contributed by atoms with Crippen LogP contribution in [-0.4, -0.2) is 42.7 Å². The van der Waals surface area contributed by atoms with E-state index in [2.05, 4.69) is 42.9 Å². The number of aromatic nitrogens is 1. The van der Waals surface area contributed by atoms with Crippen LogP contribution in [0.5, 0.6) is 5.75 Å². The molecule has 0 saturated heterocycles. The highest BCUT2D eigenvalue weighted by atomic mass is 16.5. The van der Waals surface area contributed by atoms with Gasteiger partial charge in [-0.05, 0) is 46.1 Å². The number of nitrogens with zero attached hydrogens (tertiary/aromatic N) is 2. The number of methoxy groups -OCH3 is 1. The Morgan fingerprint density at radius 3 is 2.47 bits per heavy atom. The fourth-order valence-corrected chi connectivity index (χ4v) is 2.84. The smallest absolute Gasteiger partial charge is 0.142 e. The van der Waals surface area contributed by atoms with Crippen LogP contribution in [0.4, 0.5) is 0 Å². The van der Waals surface area contributed by atoms with Crippen molar-refractivity contribution in [2.75, 3.05) is 27.2 Å². The summed E-state index contributed by atoms with van der Waals surface area (Å²) in [7, 11) is 3.67. The molecule has 0 saturated carbocycles. The van der Waals surface area contributed by atoms with Crippen molar-refractivity contribution in [1.82, 2.24) is 15.2 Å². The Hall–Kier alpha value is -1.13. The van der Waals surface area contributed by atoms with Crippen LogP contribution in [-0.2, 0) is 0 Å². The quantitative estimate of drug-likeness (QED) is 0.822. The zero-order chi connectivity index (χ0) is 14.5. The fourth-order valence-electron chi connectivity index (χ4n) is 2.84. The molecule has 0 amide bonds. The van der Waals surface area contributed by atoms with Gasteiger partial charge in [-0.25, -0.2) is 0 Å². The second-order valence-electron chi connectivity index (χ2n) is 5.14. The second-order valence-corrected chi connectivity index (χ2v) is 5.14. The maximum Gasteiger partial charge on any atom is 0.142 e. The number of rotatable bonds is 7. The van der Waals surface area contributed by atoms with Gasteiger partial charge in [-0.15, -0.1) is 0 Å². The van der Waals surface area contributed by atoms with Gasteiger partial charge in [-0.1, -0.05) is 13.8 Å². The van der Waals surface area contributed by atoms with Gasteiger partial charge in [0.1, 0.15) is 11.4 Å². The lowest BCUT2D eigenvalue weighted by atomic mass is 9.89. The highest BCUT2D eigenvalue weighted by Gasteiger charge is 2.36. The van der Waals surface area contributed by atoms with Crippen molar-refractivity contribution in [3.8, 4) is 5.75 Å². The average molecular weight is 265 g/mol. The molecule has 0 aliphatic carbocycles. The third kappa shape index (κ3) is 3.25. The summed E-state index contributed by atoms with van der Waals surface area (Å²) in [6.07, 6.45) is 1.82. The van der Waals surface area contributed by atoms with Crippen LogP contribution in [0.2, 0.25) is 0 Å². The molecule has 0 spiro atoms. The van der Waals surface area contributed by atoms with Crippen molar-refractivity contribution >= 4 is 0 Å². The Morgan fingerprint density at radius 1 is 1.37 bits per heavy atom. The summed E-state index contributed by atoms with van der Waals surface area (Å²) < 4.78 is 5.45. The Morgan fingerprint density at radius 2 is 2.00 bits per heavy atom. The van der Waals surface area contributed by atoms with Crippen LogP contribution in [0.25, 0.3) is 0 Å². The highest BCUT2D eigenvalue weighted by Crippen LogP contribution is 2.34. The Labute approximate surface area is 117 Å². The topological polar surface area (TPSA) is 37.4 Å². The van der Waals surface area contributed by atoms with Crippen LogP contribution in [0.15, 0.2) is 18.3 Å². The minimum Gasteiger partial charge on any atom is -0.495 e. The molecule has 0 radical (unpaired) electrons. The summed E-state index contributed by atoms with van der Waals surface area (Å²) in [5.74, 6) is 0.835. The summed E-state index contributed by atoms with van der Waals surface area (Å²) in [5.41, 5.74) is 0.921. The summed E-state index contributed by atoms with van der Waals surface area (Å²) in [6.45, 7) is 10.9. The number of hydrogen-bond acceptors (Lipinski definition) is 4. The molecule has 1 aromatic rings. The molecule has 108 valence electrons. The minimum atomic E-state index is -0.0418. The Kier molecular flexibility index (Phi) is 5.76. The normalized spacial score (nSPS) is 13.6. The molecule has 1 atom stereocenters. The first-order valence-electron chi connectivity index (χ1n) is 6.94. The molecule has 0 aliphatic heterocycles. The largest absolute Gasteiger partial charge is 0.495 e. The van der Waals surface area contributed by atoms with E-state index in [1.807, 2.05) is 25.4 Å². The van der Waals surface area contributed by atoms with Crippen molar-refractivity contribution in [2.24, 2.45) is 0 Å². The summed E-state index contributed by atoms with van der Waals surface area (Å²) in [4.78, 5) is 6.96. The van der Waals surface area contributed by atoms with Gasteiger partial charge in [0.2, 0.25) is 0 Å². The van der Waals surface area contributed by atoms with Gasteiger partial charge in [-0.2, -0.15) is 0 Å². The average Bonchev–Trinajstić information content (AvgIpc) is 2.40. The predicted molar refractivity (Wildman–Crippen MR) is 79.6 cm³/mol. The number of pyridine rings is 1. The lowest BCUT2D eigenvalue weighted by molar-refractivity contribution is 0.0916. The molecule has 4 nitrogen and oxygen atoms in total. The molecular weight excluding hydrogens is 238 g/mol. The third-order valence-corrected chi connectivity index (χ3v) is 3.87. The van der Waals surface area contributed by atoms with Crippen LogP contribution in [0.3, 0.4) is 0 Å². The van der Waals surface area contributed by atoms with Crippen LogP contribution >= 0.6 is 0 Å². The minimum absolute atomic E-state index is 0.0418. The van der Waals surface area contributed by atoms with Gasteiger partial charge in [-0.3, -0.25) is 9.88 Å². The molecule has 0 fully saturated rings.